The van der Waals surface area contributed by atoms with Gasteiger partial charge in [0.25, 0.3) is 5.91 Å². The van der Waals surface area contributed by atoms with E-state index in [1.54, 1.807) is 0 Å². The molecule has 2 aromatic rings. The van der Waals surface area contributed by atoms with Crippen molar-refractivity contribution in [1.29, 1.82) is 0 Å². The second kappa shape index (κ2) is 11.1. The fourth-order valence-corrected chi connectivity index (χ4v) is 5.53. The first kappa shape index (κ1) is 24.2. The molecule has 1 atom stereocenters. The van der Waals surface area contributed by atoms with Crippen molar-refractivity contribution in [3.63, 3.8) is 0 Å². The molecule has 3 amide bonds. The van der Waals surface area contributed by atoms with Crippen LogP contribution in [0.25, 0.3) is 0 Å². The molecule has 0 aromatic heterocycles. The van der Waals surface area contributed by atoms with E-state index in [-0.39, 0.29) is 35.9 Å². The lowest BCUT2D eigenvalue weighted by molar-refractivity contribution is -0.128. The van der Waals surface area contributed by atoms with Crippen LogP contribution >= 0.6 is 11.8 Å². The Morgan fingerprint density at radius 2 is 1.72 bits per heavy atom. The minimum Gasteiger partial charge on any atom is -0.353 e. The van der Waals surface area contributed by atoms with Gasteiger partial charge in [-0.15, -0.1) is 0 Å². The van der Waals surface area contributed by atoms with Gasteiger partial charge in [0.2, 0.25) is 11.8 Å². The Kier molecular flexibility index (Phi) is 7.46. The van der Waals surface area contributed by atoms with Crippen molar-refractivity contribution in [2.45, 2.75) is 57.2 Å². The van der Waals surface area contributed by atoms with Crippen LogP contribution in [0, 0.1) is 0 Å². The molecular formula is C27H29N5O3S. The van der Waals surface area contributed by atoms with E-state index in [1.807, 2.05) is 54.6 Å². The zero-order chi connectivity index (χ0) is 24.9. The molecule has 1 unspecified atom stereocenters. The molecule has 2 aromatic carbocycles. The Labute approximate surface area is 214 Å². The number of para-hydroxylation sites is 1. The number of carbonyl (C=O) groups is 3. The van der Waals surface area contributed by atoms with E-state index in [0.29, 0.717) is 23.2 Å². The third-order valence-corrected chi connectivity index (χ3v) is 7.50. The van der Waals surface area contributed by atoms with Crippen LogP contribution in [-0.4, -0.2) is 51.5 Å². The molecule has 1 saturated carbocycles. The van der Waals surface area contributed by atoms with Gasteiger partial charge in [-0.3, -0.25) is 19.4 Å². The predicted molar refractivity (Wildman–Crippen MR) is 141 cm³/mol. The molecule has 2 aliphatic heterocycles. The molecule has 9 heteroatoms. The highest BCUT2D eigenvalue weighted by molar-refractivity contribution is 8.14. The van der Waals surface area contributed by atoms with Gasteiger partial charge in [-0.1, -0.05) is 73.5 Å². The van der Waals surface area contributed by atoms with Crippen LogP contribution in [0.2, 0.25) is 0 Å². The average Bonchev–Trinajstić information content (AvgIpc) is 3.23. The number of rotatable bonds is 7. The van der Waals surface area contributed by atoms with Crippen molar-refractivity contribution in [3.05, 3.63) is 65.7 Å². The number of carbonyl (C=O) groups excluding carboxylic acids is 3. The maximum atomic E-state index is 13.4. The molecule has 1 fully saturated rings. The molecule has 0 radical (unpaired) electrons. The summed E-state index contributed by atoms with van der Waals surface area (Å²) in [5, 5.41) is 6.40. The smallest absolute Gasteiger partial charge is 0.259 e. The van der Waals surface area contributed by atoms with E-state index >= 15 is 0 Å². The quantitative estimate of drug-likeness (QED) is 0.603. The van der Waals surface area contributed by atoms with E-state index in [9.17, 15) is 14.4 Å². The highest BCUT2D eigenvalue weighted by Gasteiger charge is 2.42. The number of amidine groups is 2. The maximum absolute atomic E-state index is 13.4. The summed E-state index contributed by atoms with van der Waals surface area (Å²) < 4.78 is 0. The summed E-state index contributed by atoms with van der Waals surface area (Å²) in [5.74, 6) is 0.0506. The highest BCUT2D eigenvalue weighted by atomic mass is 32.2. The van der Waals surface area contributed by atoms with Crippen molar-refractivity contribution in [2.75, 3.05) is 5.75 Å². The van der Waals surface area contributed by atoms with Crippen LogP contribution in [0.15, 0.2) is 64.6 Å². The minimum atomic E-state index is -0.830. The molecule has 2 heterocycles. The summed E-state index contributed by atoms with van der Waals surface area (Å²) in [6, 6.07) is 16.5. The van der Waals surface area contributed by atoms with Crippen LogP contribution in [0.5, 0.6) is 0 Å². The first-order valence-electron chi connectivity index (χ1n) is 12.4. The van der Waals surface area contributed by atoms with E-state index in [4.69, 9.17) is 0 Å². The molecule has 0 saturated heterocycles. The Balaban J connectivity index is 1.26. The number of benzene rings is 2. The summed E-state index contributed by atoms with van der Waals surface area (Å²) in [4.78, 5) is 49.4. The lowest BCUT2D eigenvalue weighted by Crippen LogP contribution is -2.43. The van der Waals surface area contributed by atoms with Crippen molar-refractivity contribution in [2.24, 2.45) is 9.98 Å². The van der Waals surface area contributed by atoms with Gasteiger partial charge in [0.1, 0.15) is 11.9 Å². The van der Waals surface area contributed by atoms with Gasteiger partial charge in [0, 0.05) is 18.2 Å². The third kappa shape index (κ3) is 5.51. The molecule has 2 N–H and O–H groups in total. The van der Waals surface area contributed by atoms with Gasteiger partial charge in [-0.25, -0.2) is 9.89 Å². The molecule has 3 aliphatic rings. The van der Waals surface area contributed by atoms with Gasteiger partial charge in [-0.2, -0.15) is 0 Å². The number of amides is 3. The van der Waals surface area contributed by atoms with E-state index < -0.39 is 6.04 Å². The van der Waals surface area contributed by atoms with Crippen LogP contribution in [0.3, 0.4) is 0 Å². The molecular weight excluding hydrogens is 474 g/mol. The number of hydrogen-bond donors (Lipinski definition) is 2. The van der Waals surface area contributed by atoms with Crippen LogP contribution in [0.4, 0.5) is 5.69 Å². The maximum Gasteiger partial charge on any atom is 0.259 e. The number of aliphatic imine (C=N–C) groups is 2. The Bertz CT molecular complexity index is 1210. The Morgan fingerprint density at radius 1 is 0.972 bits per heavy atom. The van der Waals surface area contributed by atoms with Crippen LogP contribution in [0.1, 0.15) is 49.7 Å². The van der Waals surface area contributed by atoms with Crippen molar-refractivity contribution in [1.82, 2.24) is 15.5 Å². The number of nitrogens with zero attached hydrogens (tertiary/aromatic N) is 3. The zero-order valence-electron chi connectivity index (χ0n) is 20.0. The van der Waals surface area contributed by atoms with E-state index in [0.717, 1.165) is 36.8 Å². The van der Waals surface area contributed by atoms with Gasteiger partial charge in [0.15, 0.2) is 5.17 Å². The first-order valence-corrected chi connectivity index (χ1v) is 13.4. The number of nitrogens with one attached hydrogen (secondary N) is 2. The summed E-state index contributed by atoms with van der Waals surface area (Å²) in [7, 11) is 0. The number of fused-ring (bicyclic) bond motifs is 3. The Hall–Kier alpha value is -3.46. The number of hydrogen-bond acceptors (Lipinski definition) is 6. The summed E-state index contributed by atoms with van der Waals surface area (Å²) in [6.07, 6.45) is 5.49. The van der Waals surface area contributed by atoms with Gasteiger partial charge in [-0.05, 0) is 30.5 Å². The topological polar surface area (TPSA) is 103 Å². The van der Waals surface area contributed by atoms with Crippen molar-refractivity contribution in [3.8, 4) is 0 Å². The minimum absolute atomic E-state index is 0.0477. The van der Waals surface area contributed by atoms with Crippen LogP contribution in [-0.2, 0) is 20.9 Å². The number of thioether (sulfide) groups is 1. The molecule has 36 heavy (non-hydrogen) atoms. The van der Waals surface area contributed by atoms with Gasteiger partial charge >= 0.3 is 0 Å². The van der Waals surface area contributed by atoms with E-state index in [1.165, 1.54) is 23.1 Å². The standard InChI is InChI=1S/C27H29N5O3S/c33-23(28-16-18-9-3-1-4-10-18)15-22-26(35)32-25(30-22)20-13-7-8-14-21(20)31-27(32)36-17-24(34)29-19-11-5-2-6-12-19/h1,3-4,7-10,13-14,19,22H,2,5-6,11-12,15-17H2,(H,28,33)(H,29,34). The second-order valence-corrected chi connectivity index (χ2v) is 10.2. The van der Waals surface area contributed by atoms with Crippen LogP contribution < -0.4 is 10.6 Å². The average molecular weight is 504 g/mol. The normalized spacial score (nSPS) is 19.2. The largest absolute Gasteiger partial charge is 0.353 e. The second-order valence-electron chi connectivity index (χ2n) is 9.21. The fraction of sp³-hybridized carbons (Fsp3) is 0.370. The van der Waals surface area contributed by atoms with Crippen molar-refractivity contribution >= 4 is 46.2 Å². The predicted octanol–water partition coefficient (Wildman–Crippen LogP) is 3.53. The summed E-state index contributed by atoms with van der Waals surface area (Å²) in [5.41, 5.74) is 2.43. The monoisotopic (exact) mass is 503 g/mol. The highest BCUT2D eigenvalue weighted by Crippen LogP contribution is 2.34. The molecule has 0 spiro atoms. The third-order valence-electron chi connectivity index (χ3n) is 6.56. The summed E-state index contributed by atoms with van der Waals surface area (Å²) >= 11 is 1.23. The molecule has 186 valence electrons. The molecule has 0 bridgehead atoms. The first-order chi connectivity index (χ1) is 17.6. The fourth-order valence-electron chi connectivity index (χ4n) is 4.72. The Morgan fingerprint density at radius 3 is 2.53 bits per heavy atom. The van der Waals surface area contributed by atoms with E-state index in [2.05, 4.69) is 20.6 Å². The molecule has 5 rings (SSSR count). The van der Waals surface area contributed by atoms with Crippen molar-refractivity contribution < 1.29 is 14.4 Å². The summed E-state index contributed by atoms with van der Waals surface area (Å²) in [6.45, 7) is 0.391. The van der Waals surface area contributed by atoms with Gasteiger partial charge in [0.05, 0.1) is 17.9 Å². The SMILES string of the molecule is O=C(CC1N=C2c3ccccc3N=C(SCC(=O)NC3CCCCC3)N2C1=O)NCc1ccccc1. The van der Waals surface area contributed by atoms with Gasteiger partial charge < -0.3 is 10.6 Å². The lowest BCUT2D eigenvalue weighted by atomic mass is 9.95. The molecule has 1 aliphatic carbocycles. The zero-order valence-corrected chi connectivity index (χ0v) is 20.8. The molecule has 8 nitrogen and oxygen atoms in total. The lowest BCUT2D eigenvalue weighted by Gasteiger charge is -2.26.